The highest BCUT2D eigenvalue weighted by molar-refractivity contribution is 5.91. The summed E-state index contributed by atoms with van der Waals surface area (Å²) >= 11 is 0. The van der Waals surface area contributed by atoms with Gasteiger partial charge in [0.2, 0.25) is 11.8 Å². The number of carbonyl (C=O) groups is 2. The van der Waals surface area contributed by atoms with E-state index in [4.69, 9.17) is 0 Å². The van der Waals surface area contributed by atoms with Gasteiger partial charge in [0.15, 0.2) is 0 Å². The molecule has 2 amide bonds. The molecule has 5 heteroatoms. The summed E-state index contributed by atoms with van der Waals surface area (Å²) in [5, 5.41) is 8.57. The van der Waals surface area contributed by atoms with Crippen LogP contribution in [0.4, 0.5) is 5.69 Å². The second-order valence-electron chi connectivity index (χ2n) is 4.31. The van der Waals surface area contributed by atoms with E-state index in [-0.39, 0.29) is 17.7 Å². The molecule has 0 radical (unpaired) electrons. The number of amides is 2. The fourth-order valence-electron chi connectivity index (χ4n) is 1.66. The van der Waals surface area contributed by atoms with Gasteiger partial charge in [-0.2, -0.15) is 0 Å². The Morgan fingerprint density at radius 3 is 2.56 bits per heavy atom. The first-order valence-electron chi connectivity index (χ1n) is 6.09. The van der Waals surface area contributed by atoms with Gasteiger partial charge in [-0.15, -0.1) is 0 Å². The molecule has 1 aromatic rings. The average Bonchev–Trinajstić information content (AvgIpc) is 2.27. The van der Waals surface area contributed by atoms with Crippen molar-refractivity contribution in [3.05, 3.63) is 30.3 Å². The zero-order valence-corrected chi connectivity index (χ0v) is 10.1. The van der Waals surface area contributed by atoms with E-state index in [0.29, 0.717) is 13.0 Å². The predicted molar refractivity (Wildman–Crippen MR) is 69.1 cm³/mol. The summed E-state index contributed by atoms with van der Waals surface area (Å²) in [6.07, 6.45) is 0.292. The highest BCUT2D eigenvalue weighted by Gasteiger charge is 2.24. The lowest BCUT2D eigenvalue weighted by Gasteiger charge is -2.25. The summed E-state index contributed by atoms with van der Waals surface area (Å²) in [6, 6.07) is 9.28. The maximum atomic E-state index is 11.6. The van der Waals surface area contributed by atoms with E-state index in [9.17, 15) is 9.59 Å². The number of para-hydroxylation sites is 1. The van der Waals surface area contributed by atoms with E-state index < -0.39 is 0 Å². The molecule has 18 heavy (non-hydrogen) atoms. The van der Waals surface area contributed by atoms with E-state index in [1.807, 2.05) is 30.3 Å². The fraction of sp³-hybridized carbons (Fsp3) is 0.385. The summed E-state index contributed by atoms with van der Waals surface area (Å²) in [5.74, 6) is 0.0108. The smallest absolute Gasteiger partial charge is 0.226 e. The zero-order valence-electron chi connectivity index (χ0n) is 10.1. The van der Waals surface area contributed by atoms with Gasteiger partial charge in [-0.3, -0.25) is 9.59 Å². The van der Waals surface area contributed by atoms with Gasteiger partial charge in [0.25, 0.3) is 0 Å². The van der Waals surface area contributed by atoms with Crippen LogP contribution in [-0.2, 0) is 9.59 Å². The van der Waals surface area contributed by atoms with Crippen LogP contribution < -0.4 is 16.0 Å². The largest absolute Gasteiger partial charge is 0.355 e. The molecule has 0 bridgehead atoms. The van der Waals surface area contributed by atoms with Crippen molar-refractivity contribution >= 4 is 17.5 Å². The molecular weight excluding hydrogens is 230 g/mol. The molecule has 1 aliphatic rings. The highest BCUT2D eigenvalue weighted by atomic mass is 16.2. The Kier molecular flexibility index (Phi) is 4.30. The van der Waals surface area contributed by atoms with Crippen LogP contribution in [0, 0.1) is 5.92 Å². The van der Waals surface area contributed by atoms with Crippen molar-refractivity contribution in [2.45, 2.75) is 6.42 Å². The van der Waals surface area contributed by atoms with Crippen LogP contribution in [-0.4, -0.2) is 31.4 Å². The van der Waals surface area contributed by atoms with Crippen LogP contribution in [0.3, 0.4) is 0 Å². The lowest BCUT2D eigenvalue weighted by molar-refractivity contribution is -0.126. The first kappa shape index (κ1) is 12.6. The molecule has 0 saturated carbocycles. The number of hydrogen-bond donors (Lipinski definition) is 3. The van der Waals surface area contributed by atoms with Crippen molar-refractivity contribution in [2.24, 2.45) is 5.92 Å². The zero-order chi connectivity index (χ0) is 12.8. The Morgan fingerprint density at radius 1 is 1.22 bits per heavy atom. The minimum absolute atomic E-state index is 0.0289. The second-order valence-corrected chi connectivity index (χ2v) is 4.31. The summed E-state index contributed by atoms with van der Waals surface area (Å²) in [6.45, 7) is 1.86. The molecule has 0 aromatic heterocycles. The number of hydrogen-bond acceptors (Lipinski definition) is 3. The minimum atomic E-state index is -0.0896. The van der Waals surface area contributed by atoms with Crippen molar-refractivity contribution in [1.82, 2.24) is 10.6 Å². The number of benzene rings is 1. The molecule has 5 nitrogen and oxygen atoms in total. The molecule has 1 fully saturated rings. The van der Waals surface area contributed by atoms with E-state index in [1.54, 1.807) is 0 Å². The van der Waals surface area contributed by atoms with Gasteiger partial charge in [0.1, 0.15) is 0 Å². The van der Waals surface area contributed by atoms with E-state index in [2.05, 4.69) is 16.0 Å². The predicted octanol–water partition coefficient (Wildman–Crippen LogP) is 0.351. The van der Waals surface area contributed by atoms with Crippen molar-refractivity contribution in [3.63, 3.8) is 0 Å². The van der Waals surface area contributed by atoms with Gasteiger partial charge in [-0.05, 0) is 12.1 Å². The van der Waals surface area contributed by atoms with E-state index in [0.717, 1.165) is 18.8 Å². The van der Waals surface area contributed by atoms with Gasteiger partial charge < -0.3 is 16.0 Å². The Morgan fingerprint density at radius 2 is 1.94 bits per heavy atom. The number of carbonyl (C=O) groups excluding carboxylic acids is 2. The third-order valence-electron chi connectivity index (χ3n) is 2.86. The lowest BCUT2D eigenvalue weighted by Crippen LogP contribution is -2.51. The third kappa shape index (κ3) is 3.56. The Bertz CT molecular complexity index is 416. The monoisotopic (exact) mass is 247 g/mol. The van der Waals surface area contributed by atoms with Crippen molar-refractivity contribution in [3.8, 4) is 0 Å². The molecule has 3 N–H and O–H groups in total. The molecule has 96 valence electrons. The van der Waals surface area contributed by atoms with Crippen molar-refractivity contribution < 1.29 is 9.59 Å². The normalized spacial score (nSPS) is 14.7. The van der Waals surface area contributed by atoms with Crippen molar-refractivity contribution in [1.29, 1.82) is 0 Å². The second kappa shape index (κ2) is 6.16. The first-order valence-corrected chi connectivity index (χ1v) is 6.09. The van der Waals surface area contributed by atoms with Gasteiger partial charge in [-0.25, -0.2) is 0 Å². The van der Waals surface area contributed by atoms with E-state index >= 15 is 0 Å². The summed E-state index contributed by atoms with van der Waals surface area (Å²) in [4.78, 5) is 23.1. The van der Waals surface area contributed by atoms with Crippen LogP contribution in [0.25, 0.3) is 0 Å². The van der Waals surface area contributed by atoms with Crippen LogP contribution in [0.2, 0.25) is 0 Å². The Hall–Kier alpha value is -1.88. The van der Waals surface area contributed by atoms with Crippen LogP contribution in [0.1, 0.15) is 6.42 Å². The van der Waals surface area contributed by atoms with Crippen LogP contribution >= 0.6 is 0 Å². The van der Waals surface area contributed by atoms with Crippen LogP contribution in [0.5, 0.6) is 0 Å². The lowest BCUT2D eigenvalue weighted by atomic mass is 10.0. The first-order chi connectivity index (χ1) is 8.75. The minimum Gasteiger partial charge on any atom is -0.355 e. The number of anilines is 1. The molecule has 1 aromatic carbocycles. The van der Waals surface area contributed by atoms with E-state index in [1.165, 1.54) is 0 Å². The Labute approximate surface area is 106 Å². The van der Waals surface area contributed by atoms with Gasteiger partial charge in [0, 0.05) is 31.7 Å². The molecular formula is C13H17N3O2. The van der Waals surface area contributed by atoms with Gasteiger partial charge >= 0.3 is 0 Å². The summed E-state index contributed by atoms with van der Waals surface area (Å²) < 4.78 is 0. The standard InChI is InChI=1S/C13H17N3O2/c17-12(16-11-4-2-1-3-5-11)6-7-15-13(18)10-8-14-9-10/h1-5,10,14H,6-9H2,(H,15,18)(H,16,17). The molecule has 1 saturated heterocycles. The molecule has 1 aliphatic heterocycles. The van der Waals surface area contributed by atoms with Crippen molar-refractivity contribution in [2.75, 3.05) is 25.0 Å². The van der Waals surface area contributed by atoms with Gasteiger partial charge in [-0.1, -0.05) is 18.2 Å². The molecule has 0 spiro atoms. The molecule has 0 aliphatic carbocycles. The van der Waals surface area contributed by atoms with Crippen LogP contribution in [0.15, 0.2) is 30.3 Å². The number of nitrogens with one attached hydrogen (secondary N) is 3. The molecule has 0 atom stereocenters. The molecule has 1 heterocycles. The maximum Gasteiger partial charge on any atom is 0.226 e. The van der Waals surface area contributed by atoms with Gasteiger partial charge in [0.05, 0.1) is 5.92 Å². The fourth-order valence-corrected chi connectivity index (χ4v) is 1.66. The SMILES string of the molecule is O=C(CCNC(=O)C1CNC1)Nc1ccccc1. The third-order valence-corrected chi connectivity index (χ3v) is 2.86. The molecule has 0 unspecified atom stereocenters. The highest BCUT2D eigenvalue weighted by Crippen LogP contribution is 2.05. The maximum absolute atomic E-state index is 11.6. The summed E-state index contributed by atoms with van der Waals surface area (Å²) in [5.41, 5.74) is 0.775. The quantitative estimate of drug-likeness (QED) is 0.703. The Balaban J connectivity index is 1.64. The molecule has 2 rings (SSSR count). The average molecular weight is 247 g/mol. The summed E-state index contributed by atoms with van der Waals surface area (Å²) in [7, 11) is 0. The topological polar surface area (TPSA) is 70.2 Å². The number of rotatable bonds is 5.